The Morgan fingerprint density at radius 1 is 1.38 bits per heavy atom. The van der Waals surface area contributed by atoms with Crippen LogP contribution in [0, 0.1) is 0 Å². The summed E-state index contributed by atoms with van der Waals surface area (Å²) in [7, 11) is 1.44. The van der Waals surface area contributed by atoms with Gasteiger partial charge in [-0.3, -0.25) is 15.0 Å². The van der Waals surface area contributed by atoms with Gasteiger partial charge >= 0.3 is 6.03 Å². The first kappa shape index (κ1) is 14.9. The maximum Gasteiger partial charge on any atom is 0.321 e. The zero-order valence-corrected chi connectivity index (χ0v) is 10.3. The molecule has 0 rings (SSSR count). The topological polar surface area (TPSA) is 81.7 Å². The lowest BCUT2D eigenvalue weighted by Gasteiger charge is -2.27. The summed E-state index contributed by atoms with van der Waals surface area (Å²) in [4.78, 5) is 24.0. The quantitative estimate of drug-likeness (QED) is 0.598. The molecule has 0 aliphatic rings. The van der Waals surface area contributed by atoms with Gasteiger partial charge < -0.3 is 10.4 Å². The van der Waals surface area contributed by atoms with E-state index in [1.807, 2.05) is 6.92 Å². The highest BCUT2D eigenvalue weighted by atomic mass is 16.3. The second-order valence-corrected chi connectivity index (χ2v) is 4.24. The Kier molecular flexibility index (Phi) is 5.98. The molecule has 0 heterocycles. The summed E-state index contributed by atoms with van der Waals surface area (Å²) in [6, 6.07) is -0.524. The average Bonchev–Trinajstić information content (AvgIpc) is 2.14. The highest BCUT2D eigenvalue weighted by Gasteiger charge is 2.19. The van der Waals surface area contributed by atoms with E-state index < -0.39 is 11.6 Å². The van der Waals surface area contributed by atoms with Gasteiger partial charge in [0.05, 0.1) is 12.1 Å². The summed E-state index contributed by atoms with van der Waals surface area (Å²) in [5.74, 6) is -0.384. The molecule has 0 saturated carbocycles. The van der Waals surface area contributed by atoms with Crippen molar-refractivity contribution < 1.29 is 14.7 Å². The number of hydrogen-bond acceptors (Lipinski definition) is 4. The van der Waals surface area contributed by atoms with Crippen LogP contribution in [0.2, 0.25) is 0 Å². The Morgan fingerprint density at radius 2 is 1.94 bits per heavy atom. The molecule has 16 heavy (non-hydrogen) atoms. The third-order valence-corrected chi connectivity index (χ3v) is 1.90. The van der Waals surface area contributed by atoms with Gasteiger partial charge in [0.2, 0.25) is 5.91 Å². The van der Waals surface area contributed by atoms with Crippen LogP contribution < -0.4 is 10.6 Å². The predicted octanol–water partition coefficient (Wildman–Crippen LogP) is -0.465. The molecule has 0 radical (unpaired) electrons. The molecular weight excluding hydrogens is 210 g/mol. The normalized spacial score (nSPS) is 11.4. The number of aliphatic hydroxyl groups is 1. The maximum absolute atomic E-state index is 11.4. The minimum Gasteiger partial charge on any atom is -0.389 e. The lowest BCUT2D eigenvalue weighted by molar-refractivity contribution is -0.121. The van der Waals surface area contributed by atoms with Gasteiger partial charge in [-0.25, -0.2) is 4.79 Å². The molecule has 0 unspecified atom stereocenters. The Hall–Kier alpha value is -1.14. The minimum atomic E-state index is -0.858. The van der Waals surface area contributed by atoms with E-state index in [1.165, 1.54) is 7.05 Å². The molecule has 0 atom stereocenters. The molecule has 0 bridgehead atoms. The molecule has 0 aliphatic carbocycles. The first-order chi connectivity index (χ1) is 7.28. The number of imide groups is 1. The number of amides is 3. The third kappa shape index (κ3) is 7.19. The predicted molar refractivity (Wildman–Crippen MR) is 61.0 cm³/mol. The third-order valence-electron chi connectivity index (χ3n) is 1.90. The van der Waals surface area contributed by atoms with Crippen LogP contribution in [0.3, 0.4) is 0 Å². The lowest BCUT2D eigenvalue weighted by atomic mass is 10.1. The second kappa shape index (κ2) is 6.44. The number of hydrogen-bond donors (Lipinski definition) is 3. The molecular formula is C10H21N3O3. The second-order valence-electron chi connectivity index (χ2n) is 4.24. The summed E-state index contributed by atoms with van der Waals surface area (Å²) in [5, 5.41) is 14.1. The molecule has 0 fully saturated rings. The number of carbonyl (C=O) groups excluding carboxylic acids is 2. The number of rotatable bonds is 5. The molecule has 0 aromatic heterocycles. The molecule has 6 heteroatoms. The minimum absolute atomic E-state index is 0.0912. The van der Waals surface area contributed by atoms with Crippen molar-refractivity contribution in [2.45, 2.75) is 26.4 Å². The molecule has 3 amide bonds. The fraction of sp³-hybridized carbons (Fsp3) is 0.800. The van der Waals surface area contributed by atoms with E-state index in [0.29, 0.717) is 13.1 Å². The monoisotopic (exact) mass is 231 g/mol. The van der Waals surface area contributed by atoms with Gasteiger partial charge in [-0.2, -0.15) is 0 Å². The van der Waals surface area contributed by atoms with Crippen LogP contribution in [0.4, 0.5) is 4.79 Å². The van der Waals surface area contributed by atoms with Crippen molar-refractivity contribution >= 4 is 11.9 Å². The molecule has 0 spiro atoms. The Bertz CT molecular complexity index is 248. The zero-order chi connectivity index (χ0) is 12.8. The van der Waals surface area contributed by atoms with E-state index in [-0.39, 0.29) is 12.5 Å². The van der Waals surface area contributed by atoms with Gasteiger partial charge in [0.15, 0.2) is 0 Å². The van der Waals surface area contributed by atoms with E-state index in [4.69, 9.17) is 0 Å². The smallest absolute Gasteiger partial charge is 0.321 e. The lowest BCUT2D eigenvalue weighted by Crippen LogP contribution is -2.46. The summed E-state index contributed by atoms with van der Waals surface area (Å²) in [6.07, 6.45) is 0. The number of urea groups is 1. The number of carbonyl (C=O) groups is 2. The highest BCUT2D eigenvalue weighted by molar-refractivity contribution is 5.95. The summed E-state index contributed by atoms with van der Waals surface area (Å²) in [6.45, 7) is 6.33. The van der Waals surface area contributed by atoms with Crippen molar-refractivity contribution in [2.24, 2.45) is 0 Å². The Morgan fingerprint density at radius 3 is 2.31 bits per heavy atom. The van der Waals surface area contributed by atoms with Crippen LogP contribution >= 0.6 is 0 Å². The van der Waals surface area contributed by atoms with E-state index >= 15 is 0 Å². The van der Waals surface area contributed by atoms with Crippen molar-refractivity contribution in [3.63, 3.8) is 0 Å². The van der Waals surface area contributed by atoms with Gasteiger partial charge in [-0.05, 0) is 20.4 Å². The average molecular weight is 231 g/mol. The van der Waals surface area contributed by atoms with Gasteiger partial charge in [0.1, 0.15) is 0 Å². The van der Waals surface area contributed by atoms with E-state index in [1.54, 1.807) is 18.7 Å². The first-order valence-corrected chi connectivity index (χ1v) is 5.24. The van der Waals surface area contributed by atoms with E-state index in [2.05, 4.69) is 10.6 Å². The van der Waals surface area contributed by atoms with Crippen LogP contribution in [-0.4, -0.2) is 54.2 Å². The number of nitrogens with zero attached hydrogens (tertiary/aromatic N) is 1. The first-order valence-electron chi connectivity index (χ1n) is 5.24. The molecule has 3 N–H and O–H groups in total. The summed E-state index contributed by atoms with van der Waals surface area (Å²) >= 11 is 0. The molecule has 6 nitrogen and oxygen atoms in total. The zero-order valence-electron chi connectivity index (χ0n) is 10.3. The van der Waals surface area contributed by atoms with Gasteiger partial charge in [-0.1, -0.05) is 6.92 Å². The fourth-order valence-electron chi connectivity index (χ4n) is 1.26. The highest BCUT2D eigenvalue weighted by Crippen LogP contribution is 2.03. The Labute approximate surface area is 96.0 Å². The van der Waals surface area contributed by atoms with Gasteiger partial charge in [0, 0.05) is 13.6 Å². The standard InChI is InChI=1S/C10H21N3O3/c1-5-13(7-10(2,3)16)6-8(14)12-9(15)11-4/h16H,5-7H2,1-4H3,(H2,11,12,14,15). The van der Waals surface area contributed by atoms with Crippen LogP contribution in [0.5, 0.6) is 0 Å². The van der Waals surface area contributed by atoms with Crippen LogP contribution in [-0.2, 0) is 4.79 Å². The van der Waals surface area contributed by atoms with Crippen molar-refractivity contribution in [1.29, 1.82) is 0 Å². The van der Waals surface area contributed by atoms with Crippen LogP contribution in [0.1, 0.15) is 20.8 Å². The maximum atomic E-state index is 11.4. The summed E-state index contributed by atoms with van der Waals surface area (Å²) < 4.78 is 0. The van der Waals surface area contributed by atoms with Crippen LogP contribution in [0.15, 0.2) is 0 Å². The molecule has 0 aromatic carbocycles. The van der Waals surface area contributed by atoms with Crippen LogP contribution in [0.25, 0.3) is 0 Å². The largest absolute Gasteiger partial charge is 0.389 e. The molecule has 0 saturated heterocycles. The van der Waals surface area contributed by atoms with Crippen molar-refractivity contribution in [1.82, 2.24) is 15.5 Å². The van der Waals surface area contributed by atoms with E-state index in [0.717, 1.165) is 0 Å². The van der Waals surface area contributed by atoms with Crippen molar-refractivity contribution in [3.05, 3.63) is 0 Å². The van der Waals surface area contributed by atoms with Crippen molar-refractivity contribution in [3.8, 4) is 0 Å². The number of nitrogens with one attached hydrogen (secondary N) is 2. The molecule has 0 aromatic rings. The van der Waals surface area contributed by atoms with Gasteiger partial charge in [-0.15, -0.1) is 0 Å². The SMILES string of the molecule is CCN(CC(=O)NC(=O)NC)CC(C)(C)O. The Balaban J connectivity index is 4.12. The molecule has 0 aliphatic heterocycles. The summed E-state index contributed by atoms with van der Waals surface area (Å²) in [5.41, 5.74) is -0.858. The molecule has 94 valence electrons. The fourth-order valence-corrected chi connectivity index (χ4v) is 1.26. The van der Waals surface area contributed by atoms with Gasteiger partial charge in [0.25, 0.3) is 0 Å². The number of likely N-dealkylation sites (N-methyl/N-ethyl adjacent to an activating group) is 1. The van der Waals surface area contributed by atoms with Crippen molar-refractivity contribution in [2.75, 3.05) is 26.7 Å². The van der Waals surface area contributed by atoms with E-state index in [9.17, 15) is 14.7 Å².